The second-order valence-corrected chi connectivity index (χ2v) is 2.88. The molecule has 0 fully saturated rings. The number of nitrogens with one attached hydrogen (secondary N) is 1. The van der Waals surface area contributed by atoms with Gasteiger partial charge in [0.15, 0.2) is 3.83 Å². The molecule has 0 saturated heterocycles. The molecule has 2 heterocycles. The second kappa shape index (κ2) is 2.19. The lowest BCUT2D eigenvalue weighted by Gasteiger charge is -1.87. The number of aromatic amines is 1. The summed E-state index contributed by atoms with van der Waals surface area (Å²) in [6.07, 6.45) is 3.64. The molecule has 0 unspecified atom stereocenters. The van der Waals surface area contributed by atoms with Gasteiger partial charge in [-0.25, -0.2) is 9.97 Å². The van der Waals surface area contributed by atoms with Crippen molar-refractivity contribution < 1.29 is 0 Å². The van der Waals surface area contributed by atoms with Gasteiger partial charge in [-0.2, -0.15) is 0 Å². The summed E-state index contributed by atoms with van der Waals surface area (Å²) in [6, 6.07) is 1.93. The van der Waals surface area contributed by atoms with E-state index in [0.29, 0.717) is 0 Å². The molecular formula is C6H4IN3. The number of halogens is 1. The largest absolute Gasteiger partial charge is 0.359 e. The standard InChI is InChI=1S/C6H4IN3/c7-6-9-3-5-4(10-6)1-2-8-5/h1-3,8H. The Morgan fingerprint density at radius 2 is 2.40 bits per heavy atom. The predicted molar refractivity (Wildman–Crippen MR) is 46.6 cm³/mol. The third-order valence-corrected chi connectivity index (χ3v) is 1.79. The maximum absolute atomic E-state index is 4.18. The Morgan fingerprint density at radius 1 is 1.50 bits per heavy atom. The summed E-state index contributed by atoms with van der Waals surface area (Å²) in [5, 5.41) is 0. The summed E-state index contributed by atoms with van der Waals surface area (Å²) in [5.74, 6) is 0. The van der Waals surface area contributed by atoms with Crippen LogP contribution >= 0.6 is 22.6 Å². The molecule has 0 aliphatic carbocycles. The Kier molecular flexibility index (Phi) is 1.33. The fourth-order valence-corrected chi connectivity index (χ4v) is 1.22. The van der Waals surface area contributed by atoms with Gasteiger partial charge >= 0.3 is 0 Å². The van der Waals surface area contributed by atoms with E-state index in [-0.39, 0.29) is 0 Å². The molecule has 0 atom stereocenters. The van der Waals surface area contributed by atoms with Gasteiger partial charge in [0.2, 0.25) is 0 Å². The Hall–Kier alpha value is -0.650. The van der Waals surface area contributed by atoms with Crippen molar-refractivity contribution in [1.29, 1.82) is 0 Å². The third-order valence-electron chi connectivity index (χ3n) is 1.27. The van der Waals surface area contributed by atoms with Gasteiger partial charge in [-0.3, -0.25) is 0 Å². The summed E-state index contributed by atoms with van der Waals surface area (Å²) in [5.41, 5.74) is 1.96. The summed E-state index contributed by atoms with van der Waals surface area (Å²) in [6.45, 7) is 0. The Balaban J connectivity index is 2.86. The Labute approximate surface area is 71.0 Å². The van der Waals surface area contributed by atoms with Crippen LogP contribution in [0.5, 0.6) is 0 Å². The van der Waals surface area contributed by atoms with Gasteiger partial charge in [0.05, 0.1) is 17.2 Å². The number of hydrogen-bond donors (Lipinski definition) is 1. The van der Waals surface area contributed by atoms with Crippen LogP contribution in [0.1, 0.15) is 0 Å². The monoisotopic (exact) mass is 245 g/mol. The average Bonchev–Trinajstić information content (AvgIpc) is 2.33. The molecule has 0 saturated carbocycles. The molecular weight excluding hydrogens is 241 g/mol. The quantitative estimate of drug-likeness (QED) is 0.565. The maximum Gasteiger partial charge on any atom is 0.191 e. The molecule has 0 aromatic carbocycles. The van der Waals surface area contributed by atoms with Crippen LogP contribution in [-0.2, 0) is 0 Å². The maximum atomic E-state index is 4.18. The smallest absolute Gasteiger partial charge is 0.191 e. The van der Waals surface area contributed by atoms with Crippen molar-refractivity contribution in [3.63, 3.8) is 0 Å². The van der Waals surface area contributed by atoms with E-state index in [1.807, 2.05) is 12.3 Å². The Bertz CT molecular complexity index is 355. The van der Waals surface area contributed by atoms with E-state index in [1.165, 1.54) is 0 Å². The van der Waals surface area contributed by atoms with Gasteiger partial charge in [0.1, 0.15) is 0 Å². The molecule has 4 heteroatoms. The van der Waals surface area contributed by atoms with E-state index in [2.05, 4.69) is 37.5 Å². The molecule has 0 spiro atoms. The van der Waals surface area contributed by atoms with Crippen molar-refractivity contribution >= 4 is 33.6 Å². The molecule has 2 aromatic rings. The first-order valence-electron chi connectivity index (χ1n) is 2.82. The molecule has 2 aromatic heterocycles. The highest BCUT2D eigenvalue weighted by molar-refractivity contribution is 14.1. The number of H-pyrrole nitrogens is 1. The van der Waals surface area contributed by atoms with Crippen molar-refractivity contribution in [2.24, 2.45) is 0 Å². The number of rotatable bonds is 0. The van der Waals surface area contributed by atoms with E-state index >= 15 is 0 Å². The molecule has 0 aliphatic heterocycles. The molecule has 10 heavy (non-hydrogen) atoms. The topological polar surface area (TPSA) is 41.6 Å². The van der Waals surface area contributed by atoms with Gasteiger partial charge in [0.25, 0.3) is 0 Å². The normalized spacial score (nSPS) is 10.5. The third kappa shape index (κ3) is 0.880. The summed E-state index contributed by atoms with van der Waals surface area (Å²) < 4.78 is 0.782. The fourth-order valence-electron chi connectivity index (χ4n) is 0.821. The molecule has 1 N–H and O–H groups in total. The lowest BCUT2D eigenvalue weighted by Crippen LogP contribution is -1.84. The summed E-state index contributed by atoms with van der Waals surface area (Å²) >= 11 is 2.09. The minimum atomic E-state index is 0.782. The van der Waals surface area contributed by atoms with E-state index in [1.54, 1.807) is 6.20 Å². The highest BCUT2D eigenvalue weighted by Crippen LogP contribution is 2.07. The van der Waals surface area contributed by atoms with E-state index < -0.39 is 0 Å². The van der Waals surface area contributed by atoms with Crippen molar-refractivity contribution in [3.05, 3.63) is 22.3 Å². The fraction of sp³-hybridized carbons (Fsp3) is 0. The Morgan fingerprint density at radius 3 is 3.30 bits per heavy atom. The highest BCUT2D eigenvalue weighted by atomic mass is 127. The minimum absolute atomic E-state index is 0.782. The first-order chi connectivity index (χ1) is 4.86. The predicted octanol–water partition coefficient (Wildman–Crippen LogP) is 1.56. The number of fused-ring (bicyclic) bond motifs is 1. The van der Waals surface area contributed by atoms with Crippen molar-refractivity contribution in [2.75, 3.05) is 0 Å². The van der Waals surface area contributed by atoms with Gasteiger partial charge in [-0.05, 0) is 6.07 Å². The first kappa shape index (κ1) is 6.09. The average molecular weight is 245 g/mol. The lowest BCUT2D eigenvalue weighted by molar-refractivity contribution is 1.15. The number of hydrogen-bond acceptors (Lipinski definition) is 2. The highest BCUT2D eigenvalue weighted by Gasteiger charge is 1.94. The van der Waals surface area contributed by atoms with Crippen LogP contribution in [0.2, 0.25) is 0 Å². The van der Waals surface area contributed by atoms with Crippen LogP contribution in [0.15, 0.2) is 18.5 Å². The molecule has 3 nitrogen and oxygen atoms in total. The van der Waals surface area contributed by atoms with Crippen LogP contribution in [-0.4, -0.2) is 15.0 Å². The first-order valence-corrected chi connectivity index (χ1v) is 3.90. The van der Waals surface area contributed by atoms with E-state index in [9.17, 15) is 0 Å². The van der Waals surface area contributed by atoms with Gasteiger partial charge < -0.3 is 4.98 Å². The second-order valence-electron chi connectivity index (χ2n) is 1.92. The van der Waals surface area contributed by atoms with E-state index in [0.717, 1.165) is 14.9 Å². The van der Waals surface area contributed by atoms with Crippen molar-refractivity contribution in [1.82, 2.24) is 15.0 Å². The van der Waals surface area contributed by atoms with Crippen molar-refractivity contribution in [2.45, 2.75) is 0 Å². The molecule has 0 radical (unpaired) electrons. The van der Waals surface area contributed by atoms with Gasteiger partial charge in [-0.1, -0.05) is 0 Å². The summed E-state index contributed by atoms with van der Waals surface area (Å²) in [7, 11) is 0. The molecule has 0 bridgehead atoms. The molecule has 2 rings (SSSR count). The van der Waals surface area contributed by atoms with E-state index in [4.69, 9.17) is 0 Å². The van der Waals surface area contributed by atoms with Crippen molar-refractivity contribution in [3.8, 4) is 0 Å². The molecule has 0 aliphatic rings. The summed E-state index contributed by atoms with van der Waals surface area (Å²) in [4.78, 5) is 11.2. The zero-order valence-electron chi connectivity index (χ0n) is 5.00. The molecule has 50 valence electrons. The van der Waals surface area contributed by atoms with Crippen LogP contribution in [0.3, 0.4) is 0 Å². The van der Waals surface area contributed by atoms with Gasteiger partial charge in [-0.15, -0.1) is 0 Å². The SMILES string of the molecule is Ic1ncc2[nH]ccc2n1. The lowest BCUT2D eigenvalue weighted by atomic mass is 10.5. The zero-order valence-corrected chi connectivity index (χ0v) is 7.16. The van der Waals surface area contributed by atoms with Crippen LogP contribution < -0.4 is 0 Å². The van der Waals surface area contributed by atoms with Crippen LogP contribution in [0, 0.1) is 3.83 Å². The molecule has 0 amide bonds. The van der Waals surface area contributed by atoms with Gasteiger partial charge in [0, 0.05) is 28.8 Å². The van der Waals surface area contributed by atoms with Crippen LogP contribution in [0.4, 0.5) is 0 Å². The zero-order chi connectivity index (χ0) is 6.97. The minimum Gasteiger partial charge on any atom is -0.359 e. The number of nitrogens with zero attached hydrogens (tertiary/aromatic N) is 2. The van der Waals surface area contributed by atoms with Crippen LogP contribution in [0.25, 0.3) is 11.0 Å². The number of aromatic nitrogens is 3.